The molecule has 1 atom stereocenters. The molecule has 2 aliphatic rings. The van der Waals surface area contributed by atoms with Crippen LogP contribution < -0.4 is 5.32 Å². The van der Waals surface area contributed by atoms with Crippen LogP contribution >= 0.6 is 11.6 Å². The smallest absolute Gasteiger partial charge is 0.112 e. The Labute approximate surface area is 123 Å². The Hall–Kier alpha value is -1.10. The van der Waals surface area contributed by atoms with Crippen LogP contribution in [-0.2, 0) is 11.2 Å². The molecule has 106 valence electrons. The van der Waals surface area contributed by atoms with Crippen LogP contribution in [0.3, 0.4) is 0 Å². The van der Waals surface area contributed by atoms with Gasteiger partial charge >= 0.3 is 0 Å². The number of imidazole rings is 1. The van der Waals surface area contributed by atoms with Gasteiger partial charge in [0.2, 0.25) is 0 Å². The molecule has 1 unspecified atom stereocenters. The summed E-state index contributed by atoms with van der Waals surface area (Å²) >= 11 is 6.39. The van der Waals surface area contributed by atoms with Crippen molar-refractivity contribution < 1.29 is 4.74 Å². The minimum atomic E-state index is 0.219. The number of nitrogens with zero attached hydrogens (tertiary/aromatic N) is 2. The zero-order valence-electron chi connectivity index (χ0n) is 11.3. The lowest BCUT2D eigenvalue weighted by Crippen LogP contribution is -2.40. The summed E-state index contributed by atoms with van der Waals surface area (Å²) in [5.41, 5.74) is 2.10. The first-order valence-electron chi connectivity index (χ1n) is 7.30. The van der Waals surface area contributed by atoms with Gasteiger partial charge in [0.05, 0.1) is 28.8 Å². The standard InChI is InChI=1S/C15H18ClN3O/c16-12-2-1-3-13-15(12)19(10-4-5-10)14(18-13)8-11-9-17-6-7-20-11/h1-3,10-11,17H,4-9H2. The number of rotatable bonds is 3. The molecule has 2 fully saturated rings. The number of morpholine rings is 1. The van der Waals surface area contributed by atoms with Crippen LogP contribution in [0.5, 0.6) is 0 Å². The first-order chi connectivity index (χ1) is 9.83. The first kappa shape index (κ1) is 12.6. The highest BCUT2D eigenvalue weighted by Gasteiger charge is 2.30. The van der Waals surface area contributed by atoms with Gasteiger partial charge in [-0.25, -0.2) is 4.98 Å². The molecule has 1 aliphatic carbocycles. The molecule has 0 amide bonds. The highest BCUT2D eigenvalue weighted by Crippen LogP contribution is 2.40. The average molecular weight is 292 g/mol. The van der Waals surface area contributed by atoms with Crippen molar-refractivity contribution in [1.29, 1.82) is 0 Å². The van der Waals surface area contributed by atoms with Gasteiger partial charge in [-0.2, -0.15) is 0 Å². The number of aromatic nitrogens is 2. The van der Waals surface area contributed by atoms with Crippen LogP contribution in [0.4, 0.5) is 0 Å². The molecule has 1 aliphatic heterocycles. The van der Waals surface area contributed by atoms with E-state index in [0.29, 0.717) is 6.04 Å². The number of hydrogen-bond donors (Lipinski definition) is 1. The van der Waals surface area contributed by atoms with Crippen molar-refractivity contribution in [2.24, 2.45) is 0 Å². The second-order valence-electron chi connectivity index (χ2n) is 5.64. The van der Waals surface area contributed by atoms with E-state index < -0.39 is 0 Å². The predicted octanol–water partition coefficient (Wildman–Crippen LogP) is 2.56. The Balaban J connectivity index is 1.74. The fraction of sp³-hybridized carbons (Fsp3) is 0.533. The molecule has 1 saturated heterocycles. The number of nitrogens with one attached hydrogen (secondary N) is 1. The van der Waals surface area contributed by atoms with Crippen molar-refractivity contribution in [2.75, 3.05) is 19.7 Å². The van der Waals surface area contributed by atoms with Gasteiger partial charge in [-0.1, -0.05) is 17.7 Å². The van der Waals surface area contributed by atoms with Crippen LogP contribution in [-0.4, -0.2) is 35.4 Å². The summed E-state index contributed by atoms with van der Waals surface area (Å²) in [5, 5.41) is 4.18. The minimum Gasteiger partial charge on any atom is -0.375 e. The molecule has 4 nitrogen and oxygen atoms in total. The number of para-hydroxylation sites is 1. The molecule has 5 heteroatoms. The van der Waals surface area contributed by atoms with Gasteiger partial charge in [-0.05, 0) is 25.0 Å². The Morgan fingerprint density at radius 1 is 1.40 bits per heavy atom. The summed E-state index contributed by atoms with van der Waals surface area (Å²) in [4.78, 5) is 4.80. The Bertz CT molecular complexity index is 629. The molecule has 4 rings (SSSR count). The van der Waals surface area contributed by atoms with Crippen molar-refractivity contribution in [3.05, 3.63) is 29.0 Å². The lowest BCUT2D eigenvalue weighted by Gasteiger charge is -2.23. The van der Waals surface area contributed by atoms with Crippen molar-refractivity contribution in [1.82, 2.24) is 14.9 Å². The lowest BCUT2D eigenvalue weighted by molar-refractivity contribution is 0.0276. The number of ether oxygens (including phenoxy) is 1. The molecule has 1 saturated carbocycles. The molecule has 1 N–H and O–H groups in total. The van der Waals surface area contributed by atoms with Crippen molar-refractivity contribution in [3.63, 3.8) is 0 Å². The average Bonchev–Trinajstić information content (AvgIpc) is 3.22. The SMILES string of the molecule is Clc1cccc2nc(CC3CNCCO3)n(C3CC3)c12. The fourth-order valence-electron chi connectivity index (χ4n) is 2.98. The largest absolute Gasteiger partial charge is 0.375 e. The van der Waals surface area contributed by atoms with Crippen molar-refractivity contribution in [3.8, 4) is 0 Å². The van der Waals surface area contributed by atoms with Crippen LogP contribution in [0, 0.1) is 0 Å². The zero-order chi connectivity index (χ0) is 13.5. The van der Waals surface area contributed by atoms with Crippen molar-refractivity contribution >= 4 is 22.6 Å². The van der Waals surface area contributed by atoms with E-state index >= 15 is 0 Å². The monoisotopic (exact) mass is 291 g/mol. The maximum absolute atomic E-state index is 6.39. The predicted molar refractivity (Wildman–Crippen MR) is 79.3 cm³/mol. The normalized spacial score (nSPS) is 23.4. The third-order valence-electron chi connectivity index (χ3n) is 4.06. The number of fused-ring (bicyclic) bond motifs is 1. The second-order valence-corrected chi connectivity index (χ2v) is 6.05. The Morgan fingerprint density at radius 3 is 3.05 bits per heavy atom. The first-order valence-corrected chi connectivity index (χ1v) is 7.68. The van der Waals surface area contributed by atoms with Gasteiger partial charge in [0.25, 0.3) is 0 Å². The van der Waals surface area contributed by atoms with Gasteiger partial charge in [0.15, 0.2) is 0 Å². The van der Waals surface area contributed by atoms with Gasteiger partial charge < -0.3 is 14.6 Å². The molecule has 0 spiro atoms. The van der Waals surface area contributed by atoms with E-state index in [9.17, 15) is 0 Å². The van der Waals surface area contributed by atoms with Crippen LogP contribution in [0.15, 0.2) is 18.2 Å². The third-order valence-corrected chi connectivity index (χ3v) is 4.37. The molecule has 1 aromatic heterocycles. The van der Waals surface area contributed by atoms with Gasteiger partial charge in [0.1, 0.15) is 5.82 Å². The van der Waals surface area contributed by atoms with E-state index in [1.165, 1.54) is 12.8 Å². The minimum absolute atomic E-state index is 0.219. The van der Waals surface area contributed by atoms with Crippen LogP contribution in [0.1, 0.15) is 24.7 Å². The molecule has 0 radical (unpaired) electrons. The number of benzene rings is 1. The lowest BCUT2D eigenvalue weighted by atomic mass is 10.2. The number of halogens is 1. The van der Waals surface area contributed by atoms with Crippen LogP contribution in [0.2, 0.25) is 5.02 Å². The van der Waals surface area contributed by atoms with E-state index in [1.54, 1.807) is 0 Å². The Morgan fingerprint density at radius 2 is 2.30 bits per heavy atom. The second kappa shape index (κ2) is 5.02. The van der Waals surface area contributed by atoms with Crippen LogP contribution in [0.25, 0.3) is 11.0 Å². The Kier molecular flexibility index (Phi) is 3.17. The van der Waals surface area contributed by atoms with E-state index in [0.717, 1.165) is 48.0 Å². The summed E-state index contributed by atoms with van der Waals surface area (Å²) in [5.74, 6) is 1.12. The van der Waals surface area contributed by atoms with Gasteiger partial charge in [-0.15, -0.1) is 0 Å². The van der Waals surface area contributed by atoms with Gasteiger partial charge in [-0.3, -0.25) is 0 Å². The molecular weight excluding hydrogens is 274 g/mol. The molecule has 1 aromatic carbocycles. The van der Waals surface area contributed by atoms with E-state index in [4.69, 9.17) is 21.3 Å². The highest BCUT2D eigenvalue weighted by atomic mass is 35.5. The topological polar surface area (TPSA) is 39.1 Å². The summed E-state index contributed by atoms with van der Waals surface area (Å²) in [6.07, 6.45) is 3.53. The van der Waals surface area contributed by atoms with Crippen molar-refractivity contribution in [2.45, 2.75) is 31.4 Å². The maximum atomic E-state index is 6.39. The summed E-state index contributed by atoms with van der Waals surface area (Å²) in [7, 11) is 0. The molecule has 2 heterocycles. The number of hydrogen-bond acceptors (Lipinski definition) is 3. The molecule has 0 bridgehead atoms. The summed E-state index contributed by atoms with van der Waals surface area (Å²) < 4.78 is 8.16. The van der Waals surface area contributed by atoms with Gasteiger partial charge in [0, 0.05) is 25.6 Å². The summed E-state index contributed by atoms with van der Waals surface area (Å²) in [6, 6.07) is 6.54. The van der Waals surface area contributed by atoms with E-state index in [2.05, 4.69) is 9.88 Å². The van der Waals surface area contributed by atoms with E-state index in [-0.39, 0.29) is 6.10 Å². The maximum Gasteiger partial charge on any atom is 0.112 e. The molecule has 2 aromatic rings. The third kappa shape index (κ3) is 2.22. The fourth-order valence-corrected chi connectivity index (χ4v) is 3.24. The molecule has 20 heavy (non-hydrogen) atoms. The summed E-state index contributed by atoms with van der Waals surface area (Å²) in [6.45, 7) is 2.64. The highest BCUT2D eigenvalue weighted by molar-refractivity contribution is 6.35. The van der Waals surface area contributed by atoms with E-state index in [1.807, 2.05) is 18.2 Å². The zero-order valence-corrected chi connectivity index (χ0v) is 12.1. The molecular formula is C15H18ClN3O. The quantitative estimate of drug-likeness (QED) is 0.945.